The van der Waals surface area contributed by atoms with Crippen LogP contribution in [0.5, 0.6) is 0 Å². The number of fused-ring (bicyclic) bond motifs is 1. The number of nitrogen functional groups attached to an aromatic ring is 1. The summed E-state index contributed by atoms with van der Waals surface area (Å²) in [5.41, 5.74) is 7.57. The van der Waals surface area contributed by atoms with Gasteiger partial charge in [0.2, 0.25) is 5.16 Å². The number of nitro benzene ring substituents is 1. The molecule has 10 heteroatoms. The fraction of sp³-hybridized carbons (Fsp3) is 0. The van der Waals surface area contributed by atoms with Gasteiger partial charge in [0.05, 0.1) is 10.6 Å². The first-order valence-corrected chi connectivity index (χ1v) is 8.53. The summed E-state index contributed by atoms with van der Waals surface area (Å²) in [4.78, 5) is 11.0. The summed E-state index contributed by atoms with van der Waals surface area (Å²) in [7, 11) is 0. The fourth-order valence-corrected chi connectivity index (χ4v) is 3.31. The van der Waals surface area contributed by atoms with Crippen molar-refractivity contribution in [2.75, 3.05) is 5.73 Å². The number of aromatic nitrogens is 4. The number of rotatable bonds is 4. The van der Waals surface area contributed by atoms with Gasteiger partial charge in [-0.15, -0.1) is 10.2 Å². The second-order valence-electron chi connectivity index (χ2n) is 5.56. The quantitative estimate of drug-likeness (QED) is 0.326. The Bertz CT molecular complexity index is 1160. The van der Waals surface area contributed by atoms with E-state index in [0.29, 0.717) is 21.4 Å². The zero-order valence-electron chi connectivity index (χ0n) is 13.6. The zero-order valence-corrected chi connectivity index (χ0v) is 14.4. The molecule has 2 aromatic heterocycles. The number of anilines is 1. The van der Waals surface area contributed by atoms with Gasteiger partial charge in [-0.1, -0.05) is 0 Å². The van der Waals surface area contributed by atoms with Crippen LogP contribution >= 0.6 is 11.8 Å². The van der Waals surface area contributed by atoms with E-state index >= 15 is 0 Å². The molecule has 0 spiro atoms. The molecule has 0 saturated heterocycles. The topological polar surface area (TPSA) is 112 Å². The van der Waals surface area contributed by atoms with Gasteiger partial charge in [0.25, 0.3) is 5.69 Å². The Labute approximate surface area is 156 Å². The normalized spacial score (nSPS) is 11.0. The highest BCUT2D eigenvalue weighted by molar-refractivity contribution is 7.99. The molecule has 8 nitrogen and oxygen atoms in total. The van der Waals surface area contributed by atoms with E-state index in [-0.39, 0.29) is 17.2 Å². The Kier molecular flexibility index (Phi) is 4.16. The Hall–Kier alpha value is -3.53. The lowest BCUT2D eigenvalue weighted by Crippen LogP contribution is -1.97. The van der Waals surface area contributed by atoms with Crippen LogP contribution in [0.3, 0.4) is 0 Å². The van der Waals surface area contributed by atoms with Gasteiger partial charge in [-0.05, 0) is 60.3 Å². The van der Waals surface area contributed by atoms with Gasteiger partial charge in [-0.3, -0.25) is 10.1 Å². The summed E-state index contributed by atoms with van der Waals surface area (Å²) in [5.74, 6) is -0.323. The minimum absolute atomic E-state index is 0.0683. The monoisotopic (exact) mass is 382 g/mol. The SMILES string of the molecule is Nc1cc(Sc2nnc3ccc(-c4ccc(F)cc4)nn23)ccc1[N+](=O)[O-]. The first-order valence-electron chi connectivity index (χ1n) is 7.71. The molecule has 2 aromatic carbocycles. The second kappa shape index (κ2) is 6.65. The third-order valence-electron chi connectivity index (χ3n) is 3.78. The molecule has 0 bridgehead atoms. The average molecular weight is 382 g/mol. The van der Waals surface area contributed by atoms with Crippen molar-refractivity contribution in [2.45, 2.75) is 10.1 Å². The molecular formula is C17H11FN6O2S. The van der Waals surface area contributed by atoms with Crippen LogP contribution in [0.25, 0.3) is 16.9 Å². The Balaban J connectivity index is 1.70. The molecule has 2 N–H and O–H groups in total. The fourth-order valence-electron chi connectivity index (χ4n) is 2.48. The van der Waals surface area contributed by atoms with E-state index in [1.54, 1.807) is 34.8 Å². The molecule has 0 aliphatic rings. The predicted octanol–water partition coefficient (Wildman–Crippen LogP) is 3.57. The molecule has 0 saturated carbocycles. The molecule has 134 valence electrons. The Morgan fingerprint density at radius 1 is 1.07 bits per heavy atom. The van der Waals surface area contributed by atoms with Crippen molar-refractivity contribution in [3.63, 3.8) is 0 Å². The molecular weight excluding hydrogens is 371 g/mol. The minimum Gasteiger partial charge on any atom is -0.393 e. The van der Waals surface area contributed by atoms with Crippen molar-refractivity contribution in [3.05, 3.63) is 70.5 Å². The van der Waals surface area contributed by atoms with Crippen molar-refractivity contribution in [3.8, 4) is 11.3 Å². The lowest BCUT2D eigenvalue weighted by atomic mass is 10.1. The maximum absolute atomic E-state index is 13.1. The Morgan fingerprint density at radius 3 is 2.56 bits per heavy atom. The largest absolute Gasteiger partial charge is 0.393 e. The van der Waals surface area contributed by atoms with Crippen LogP contribution < -0.4 is 5.73 Å². The highest BCUT2D eigenvalue weighted by atomic mass is 32.2. The smallest absolute Gasteiger partial charge is 0.292 e. The maximum Gasteiger partial charge on any atom is 0.292 e. The molecule has 27 heavy (non-hydrogen) atoms. The van der Waals surface area contributed by atoms with E-state index in [1.807, 2.05) is 0 Å². The zero-order chi connectivity index (χ0) is 19.0. The van der Waals surface area contributed by atoms with Crippen LogP contribution in [0, 0.1) is 15.9 Å². The van der Waals surface area contributed by atoms with Crippen LogP contribution in [-0.2, 0) is 0 Å². The molecule has 0 fully saturated rings. The van der Waals surface area contributed by atoms with Crippen LogP contribution in [0.1, 0.15) is 0 Å². The number of nitrogens with zero attached hydrogens (tertiary/aromatic N) is 5. The molecule has 2 heterocycles. The third-order valence-corrected chi connectivity index (χ3v) is 4.71. The number of halogens is 1. The van der Waals surface area contributed by atoms with Crippen LogP contribution in [-0.4, -0.2) is 24.7 Å². The van der Waals surface area contributed by atoms with Gasteiger partial charge in [0.1, 0.15) is 11.5 Å². The van der Waals surface area contributed by atoms with Gasteiger partial charge in [-0.2, -0.15) is 9.61 Å². The summed E-state index contributed by atoms with van der Waals surface area (Å²) in [6, 6.07) is 14.0. The van der Waals surface area contributed by atoms with Gasteiger partial charge < -0.3 is 5.73 Å². The van der Waals surface area contributed by atoms with Gasteiger partial charge in [0, 0.05) is 16.5 Å². The number of nitrogens with two attached hydrogens (primary N) is 1. The van der Waals surface area contributed by atoms with Gasteiger partial charge in [-0.25, -0.2) is 4.39 Å². The van der Waals surface area contributed by atoms with Crippen molar-refractivity contribution in [2.24, 2.45) is 0 Å². The second-order valence-corrected chi connectivity index (χ2v) is 6.60. The summed E-state index contributed by atoms with van der Waals surface area (Å²) in [5, 5.41) is 24.0. The molecule has 0 aliphatic heterocycles. The number of hydrogen-bond acceptors (Lipinski definition) is 7. The highest BCUT2D eigenvalue weighted by Gasteiger charge is 2.14. The number of benzene rings is 2. The summed E-state index contributed by atoms with van der Waals surface area (Å²) >= 11 is 1.23. The van der Waals surface area contributed by atoms with Crippen LogP contribution in [0.15, 0.2) is 64.6 Å². The first kappa shape index (κ1) is 16.9. The summed E-state index contributed by atoms with van der Waals surface area (Å²) in [6.45, 7) is 0. The third kappa shape index (κ3) is 3.29. The molecule has 0 unspecified atom stereocenters. The number of hydrogen-bond donors (Lipinski definition) is 1. The predicted molar refractivity (Wildman–Crippen MR) is 97.8 cm³/mol. The van der Waals surface area contributed by atoms with Crippen molar-refractivity contribution in [1.82, 2.24) is 19.8 Å². The van der Waals surface area contributed by atoms with E-state index in [9.17, 15) is 14.5 Å². The Morgan fingerprint density at radius 2 is 1.85 bits per heavy atom. The summed E-state index contributed by atoms with van der Waals surface area (Å²) in [6.07, 6.45) is 0. The van der Waals surface area contributed by atoms with E-state index in [2.05, 4.69) is 15.3 Å². The first-order chi connectivity index (χ1) is 13.0. The van der Waals surface area contributed by atoms with E-state index in [4.69, 9.17) is 5.73 Å². The van der Waals surface area contributed by atoms with Gasteiger partial charge >= 0.3 is 0 Å². The van der Waals surface area contributed by atoms with Crippen molar-refractivity contribution >= 4 is 28.8 Å². The van der Waals surface area contributed by atoms with Crippen molar-refractivity contribution < 1.29 is 9.31 Å². The molecule has 0 atom stereocenters. The molecule has 4 rings (SSSR count). The number of nitro groups is 1. The molecule has 0 radical (unpaired) electrons. The molecule has 0 aliphatic carbocycles. The lowest BCUT2D eigenvalue weighted by molar-refractivity contribution is -0.383. The van der Waals surface area contributed by atoms with Crippen LogP contribution in [0.2, 0.25) is 0 Å². The molecule has 0 amide bonds. The average Bonchev–Trinajstić information content (AvgIpc) is 3.04. The minimum atomic E-state index is -0.535. The molecule has 4 aromatic rings. The lowest BCUT2D eigenvalue weighted by Gasteiger charge is -2.04. The standard InChI is InChI=1S/C17H11FN6O2S/c18-11-3-1-10(2-4-11)14-6-8-16-20-21-17(23(16)22-14)27-12-5-7-15(24(25)26)13(19)9-12/h1-9H,19H2. The van der Waals surface area contributed by atoms with Gasteiger partial charge in [0.15, 0.2) is 5.65 Å². The van der Waals surface area contributed by atoms with Crippen molar-refractivity contribution in [1.29, 1.82) is 0 Å². The van der Waals surface area contributed by atoms with E-state index in [0.717, 1.165) is 5.56 Å². The van der Waals surface area contributed by atoms with E-state index in [1.165, 1.54) is 36.0 Å². The van der Waals surface area contributed by atoms with E-state index < -0.39 is 4.92 Å². The summed E-state index contributed by atoms with van der Waals surface area (Å²) < 4.78 is 14.7. The maximum atomic E-state index is 13.1. The highest BCUT2D eigenvalue weighted by Crippen LogP contribution is 2.32. The van der Waals surface area contributed by atoms with Crippen LogP contribution in [0.4, 0.5) is 15.8 Å².